The molecular weight excluding hydrogens is 697 g/mol. The van der Waals surface area contributed by atoms with Gasteiger partial charge in [-0.25, -0.2) is 8.78 Å². The van der Waals surface area contributed by atoms with Gasteiger partial charge < -0.3 is 19.4 Å². The number of carbonyl (C=O) groups excluding carboxylic acids is 2. The van der Waals surface area contributed by atoms with E-state index in [2.05, 4.69) is 5.32 Å². The fourth-order valence-electron chi connectivity index (χ4n) is 6.49. The monoisotopic (exact) mass is 739 g/mol. The summed E-state index contributed by atoms with van der Waals surface area (Å²) in [6, 6.07) is 3.19. The summed E-state index contributed by atoms with van der Waals surface area (Å²) in [6.45, 7) is 9.86. The number of methoxy groups -OCH3 is 1. The van der Waals surface area contributed by atoms with Crippen LogP contribution in [0.4, 0.5) is 22.0 Å². The maximum absolute atomic E-state index is 15.9. The summed E-state index contributed by atoms with van der Waals surface area (Å²) >= 11 is 6.36. The molecule has 0 aliphatic carbocycles. The van der Waals surface area contributed by atoms with Gasteiger partial charge in [-0.3, -0.25) is 19.3 Å². The zero-order valence-corrected chi connectivity index (χ0v) is 30.2. The van der Waals surface area contributed by atoms with Gasteiger partial charge in [0.2, 0.25) is 5.91 Å². The van der Waals surface area contributed by atoms with Gasteiger partial charge in [0.1, 0.15) is 17.7 Å². The van der Waals surface area contributed by atoms with Crippen LogP contribution in [0.2, 0.25) is 5.02 Å². The normalized spacial score (nSPS) is 15.1. The van der Waals surface area contributed by atoms with E-state index in [0.717, 1.165) is 10.8 Å². The van der Waals surface area contributed by atoms with E-state index in [1.807, 2.05) is 4.90 Å². The van der Waals surface area contributed by atoms with Crippen LogP contribution in [-0.4, -0.2) is 60.8 Å². The van der Waals surface area contributed by atoms with Crippen molar-refractivity contribution in [3.8, 4) is 11.1 Å². The number of nitrogens with one attached hydrogen (secondary N) is 1. The lowest BCUT2D eigenvalue weighted by molar-refractivity contribution is -0.144. The molecule has 0 saturated carbocycles. The molecule has 0 bridgehead atoms. The van der Waals surface area contributed by atoms with Crippen LogP contribution in [0.3, 0.4) is 0 Å². The number of halogens is 6. The highest BCUT2D eigenvalue weighted by molar-refractivity contribution is 6.31. The Morgan fingerprint density at radius 1 is 1.06 bits per heavy atom. The van der Waals surface area contributed by atoms with Crippen molar-refractivity contribution in [2.24, 2.45) is 5.92 Å². The number of esters is 1. The van der Waals surface area contributed by atoms with Gasteiger partial charge in [-0.05, 0) is 91.6 Å². The van der Waals surface area contributed by atoms with Crippen LogP contribution in [0.1, 0.15) is 73.5 Å². The van der Waals surface area contributed by atoms with Gasteiger partial charge in [0.15, 0.2) is 0 Å². The van der Waals surface area contributed by atoms with Crippen molar-refractivity contribution < 1.29 is 41.0 Å². The Morgan fingerprint density at radius 2 is 1.71 bits per heavy atom. The van der Waals surface area contributed by atoms with E-state index in [4.69, 9.17) is 21.1 Å². The first-order valence-electron chi connectivity index (χ1n) is 16.7. The summed E-state index contributed by atoms with van der Waals surface area (Å²) in [6.07, 6.45) is -4.30. The Balaban J connectivity index is 1.78. The fraction of sp³-hybridized carbons (Fsp3) is 0.486. The number of amides is 1. The number of carbonyl (C=O) groups is 2. The third kappa shape index (κ3) is 9.75. The SMILES string of the molecule is CCOC(=O)CC(NC(=O)C(CC(C)C)n1cc(CCN2CC(OC)C2)c(C(F)(F)F)cc1=O)c1cc(-c2c(C)cc(F)cc2C)cc(Cl)c1F. The molecule has 3 aromatic rings. The molecule has 1 amide bonds. The van der Waals surface area contributed by atoms with Crippen LogP contribution in [0.25, 0.3) is 11.1 Å². The highest BCUT2D eigenvalue weighted by Crippen LogP contribution is 2.37. The number of hydrogen-bond acceptors (Lipinski definition) is 6. The van der Waals surface area contributed by atoms with Gasteiger partial charge in [0.25, 0.3) is 5.56 Å². The zero-order valence-electron chi connectivity index (χ0n) is 29.4. The maximum atomic E-state index is 15.9. The number of aryl methyl sites for hydroxylation is 2. The summed E-state index contributed by atoms with van der Waals surface area (Å²) in [7, 11) is 1.56. The van der Waals surface area contributed by atoms with E-state index < -0.39 is 59.3 Å². The highest BCUT2D eigenvalue weighted by atomic mass is 35.5. The van der Waals surface area contributed by atoms with E-state index >= 15 is 4.39 Å². The molecule has 1 aliphatic rings. The molecule has 0 radical (unpaired) electrons. The van der Waals surface area contributed by atoms with E-state index in [-0.39, 0.29) is 54.2 Å². The first kappa shape index (κ1) is 40.0. The molecule has 1 fully saturated rings. The molecule has 8 nitrogen and oxygen atoms in total. The van der Waals surface area contributed by atoms with Crippen LogP contribution in [-0.2, 0) is 31.7 Å². The molecule has 4 rings (SSSR count). The molecule has 1 N–H and O–H groups in total. The lowest BCUT2D eigenvalue weighted by atomic mass is 9.92. The number of nitrogens with zero attached hydrogens (tertiary/aromatic N) is 2. The van der Waals surface area contributed by atoms with Crippen LogP contribution in [0, 0.1) is 31.4 Å². The topological polar surface area (TPSA) is 89.9 Å². The van der Waals surface area contributed by atoms with Crippen molar-refractivity contribution in [1.82, 2.24) is 14.8 Å². The number of benzene rings is 2. The second kappa shape index (κ2) is 16.7. The molecule has 2 atom stereocenters. The van der Waals surface area contributed by atoms with Crippen molar-refractivity contribution in [3.05, 3.63) is 91.4 Å². The predicted octanol–water partition coefficient (Wildman–Crippen LogP) is 7.35. The van der Waals surface area contributed by atoms with Crippen molar-refractivity contribution in [2.45, 2.75) is 78.2 Å². The first-order chi connectivity index (χ1) is 23.9. The van der Waals surface area contributed by atoms with E-state index in [1.54, 1.807) is 41.7 Å². The second-order valence-corrected chi connectivity index (χ2v) is 13.7. The zero-order chi connectivity index (χ0) is 37.8. The van der Waals surface area contributed by atoms with Crippen LogP contribution >= 0.6 is 11.6 Å². The molecule has 14 heteroatoms. The molecular formula is C37H43ClF5N3O5. The molecule has 2 unspecified atom stereocenters. The second-order valence-electron chi connectivity index (χ2n) is 13.3. The fourth-order valence-corrected chi connectivity index (χ4v) is 6.72. The molecule has 0 spiro atoms. The lowest BCUT2D eigenvalue weighted by Crippen LogP contribution is -2.52. The molecule has 51 heavy (non-hydrogen) atoms. The average Bonchev–Trinajstić information content (AvgIpc) is 3.00. The Labute approximate surface area is 298 Å². The van der Waals surface area contributed by atoms with Gasteiger partial charge in [0.05, 0.1) is 35.8 Å². The smallest absolute Gasteiger partial charge is 0.416 e. The predicted molar refractivity (Wildman–Crippen MR) is 184 cm³/mol. The third-order valence-corrected chi connectivity index (χ3v) is 9.24. The number of ether oxygens (including phenoxy) is 2. The maximum Gasteiger partial charge on any atom is 0.416 e. The van der Waals surface area contributed by atoms with Gasteiger partial charge in [0, 0.05) is 44.6 Å². The van der Waals surface area contributed by atoms with Crippen LogP contribution in [0.15, 0.2) is 41.3 Å². The Hall–Kier alpha value is -3.81. The summed E-state index contributed by atoms with van der Waals surface area (Å²) in [5, 5.41) is 2.36. The lowest BCUT2D eigenvalue weighted by Gasteiger charge is -2.38. The molecule has 278 valence electrons. The minimum Gasteiger partial charge on any atom is -0.466 e. The van der Waals surface area contributed by atoms with Gasteiger partial charge in [-0.1, -0.05) is 25.4 Å². The van der Waals surface area contributed by atoms with Gasteiger partial charge in [-0.15, -0.1) is 0 Å². The number of rotatable bonds is 14. The standard InChI is InChI=1S/C37H43ClF5N3O5/c1-7-51-33(48)16-30(27-13-24(14-29(38)35(27)40)34-21(4)11-25(39)12-22(34)5)44-36(49)31(10-20(2)3)46-17-23(8-9-45-18-26(19-45)50-6)28(15-32(46)47)37(41,42)43/h11-15,17,20,26,30-31H,7-10,16,18-19H2,1-6H3,(H,44,49). The summed E-state index contributed by atoms with van der Waals surface area (Å²) in [5.41, 5.74) is -0.428. The third-order valence-electron chi connectivity index (χ3n) is 8.97. The molecule has 2 aromatic carbocycles. The van der Waals surface area contributed by atoms with E-state index in [9.17, 15) is 31.9 Å². The van der Waals surface area contributed by atoms with Crippen LogP contribution in [0.5, 0.6) is 0 Å². The number of pyridine rings is 1. The number of aromatic nitrogens is 1. The molecule has 2 heterocycles. The van der Waals surface area contributed by atoms with Crippen LogP contribution < -0.4 is 10.9 Å². The quantitative estimate of drug-likeness (QED) is 0.137. The van der Waals surface area contributed by atoms with Crippen molar-refractivity contribution in [1.29, 1.82) is 0 Å². The minimum absolute atomic E-state index is 0.000000833. The minimum atomic E-state index is -4.82. The summed E-state index contributed by atoms with van der Waals surface area (Å²) in [5.74, 6) is -3.20. The van der Waals surface area contributed by atoms with E-state index in [1.165, 1.54) is 24.3 Å². The number of likely N-dealkylation sites (tertiary alicyclic amines) is 1. The van der Waals surface area contributed by atoms with Crippen molar-refractivity contribution in [3.63, 3.8) is 0 Å². The van der Waals surface area contributed by atoms with Gasteiger partial charge >= 0.3 is 12.1 Å². The Kier molecular flexibility index (Phi) is 13.1. The first-order valence-corrected chi connectivity index (χ1v) is 17.1. The number of hydrogen-bond donors (Lipinski definition) is 1. The molecule has 1 aromatic heterocycles. The summed E-state index contributed by atoms with van der Waals surface area (Å²) in [4.78, 5) is 42.2. The van der Waals surface area contributed by atoms with E-state index in [0.29, 0.717) is 41.4 Å². The molecule has 1 aliphatic heterocycles. The summed E-state index contributed by atoms with van der Waals surface area (Å²) < 4.78 is 83.7. The Morgan fingerprint density at radius 3 is 2.27 bits per heavy atom. The number of alkyl halides is 3. The highest BCUT2D eigenvalue weighted by Gasteiger charge is 2.37. The largest absolute Gasteiger partial charge is 0.466 e. The molecule has 1 saturated heterocycles. The van der Waals surface area contributed by atoms with Crippen molar-refractivity contribution in [2.75, 3.05) is 33.4 Å². The average molecular weight is 740 g/mol. The van der Waals surface area contributed by atoms with Crippen molar-refractivity contribution >= 4 is 23.5 Å². The van der Waals surface area contributed by atoms with Gasteiger partial charge in [-0.2, -0.15) is 13.2 Å². The Bertz CT molecular complexity index is 1780.